The second-order valence-corrected chi connectivity index (χ2v) is 6.01. The fourth-order valence-electron chi connectivity index (χ4n) is 2.73. The lowest BCUT2D eigenvalue weighted by molar-refractivity contribution is -0.137. The van der Waals surface area contributed by atoms with Gasteiger partial charge in [0.05, 0.1) is 6.04 Å². The first kappa shape index (κ1) is 14.5. The van der Waals surface area contributed by atoms with E-state index in [1.807, 2.05) is 6.92 Å². The molecule has 1 aliphatic carbocycles. The largest absolute Gasteiger partial charge is 0.354 e. The van der Waals surface area contributed by atoms with Crippen LogP contribution >= 0.6 is 0 Å². The minimum Gasteiger partial charge on any atom is -0.354 e. The van der Waals surface area contributed by atoms with Gasteiger partial charge in [0, 0.05) is 20.1 Å². The first-order chi connectivity index (χ1) is 7.70. The molecule has 17 heavy (non-hydrogen) atoms. The molecular weight excluding hydrogens is 218 g/mol. The highest BCUT2D eigenvalue weighted by Gasteiger charge is 2.68. The maximum Gasteiger partial charge on any atom is 0.224 e. The van der Waals surface area contributed by atoms with Gasteiger partial charge in [0.2, 0.25) is 5.91 Å². The average Bonchev–Trinajstić information content (AvgIpc) is 2.58. The van der Waals surface area contributed by atoms with Gasteiger partial charge in [-0.15, -0.1) is 0 Å². The van der Waals surface area contributed by atoms with Crippen molar-refractivity contribution in [1.29, 1.82) is 0 Å². The van der Waals surface area contributed by atoms with Crippen molar-refractivity contribution in [3.63, 3.8) is 0 Å². The molecule has 1 fully saturated rings. The molecule has 0 aromatic heterocycles. The minimum atomic E-state index is -0.399. The van der Waals surface area contributed by atoms with E-state index in [1.165, 1.54) is 0 Å². The van der Waals surface area contributed by atoms with Gasteiger partial charge < -0.3 is 14.8 Å². The van der Waals surface area contributed by atoms with E-state index in [4.69, 9.17) is 9.47 Å². The van der Waals surface area contributed by atoms with E-state index in [2.05, 4.69) is 33.0 Å². The molecule has 4 nitrogen and oxygen atoms in total. The molecule has 1 rings (SSSR count). The number of hydrogen-bond donors (Lipinski definition) is 1. The van der Waals surface area contributed by atoms with Gasteiger partial charge in [-0.3, -0.25) is 4.79 Å². The minimum absolute atomic E-state index is 0.0619. The van der Waals surface area contributed by atoms with Crippen molar-refractivity contribution in [3.05, 3.63) is 0 Å². The van der Waals surface area contributed by atoms with Crippen LogP contribution in [0.5, 0.6) is 0 Å². The zero-order valence-corrected chi connectivity index (χ0v) is 12.0. The van der Waals surface area contributed by atoms with Crippen molar-refractivity contribution in [2.24, 2.45) is 16.7 Å². The summed E-state index contributed by atoms with van der Waals surface area (Å²) >= 11 is 0. The monoisotopic (exact) mass is 243 g/mol. The molecule has 1 atom stereocenters. The summed E-state index contributed by atoms with van der Waals surface area (Å²) < 4.78 is 10.3. The molecule has 0 radical (unpaired) electrons. The highest BCUT2D eigenvalue weighted by molar-refractivity contribution is 5.84. The summed E-state index contributed by atoms with van der Waals surface area (Å²) in [7, 11) is 3.14. The van der Waals surface area contributed by atoms with Crippen LogP contribution in [0.3, 0.4) is 0 Å². The SMILES string of the molecule is COC(OC)C(C)NC(=O)C1C(C)(C)C1(C)C. The van der Waals surface area contributed by atoms with E-state index in [0.717, 1.165) is 0 Å². The number of methoxy groups -OCH3 is 2. The van der Waals surface area contributed by atoms with Crippen LogP contribution in [-0.2, 0) is 14.3 Å². The number of rotatable bonds is 5. The van der Waals surface area contributed by atoms with Crippen LogP contribution in [0.4, 0.5) is 0 Å². The summed E-state index contributed by atoms with van der Waals surface area (Å²) in [5.74, 6) is 0.151. The lowest BCUT2D eigenvalue weighted by Crippen LogP contribution is -2.44. The Balaban J connectivity index is 2.58. The number of amides is 1. The van der Waals surface area contributed by atoms with Crippen molar-refractivity contribution in [3.8, 4) is 0 Å². The number of nitrogens with one attached hydrogen (secondary N) is 1. The number of ether oxygens (including phenoxy) is 2. The third kappa shape index (κ3) is 2.33. The summed E-state index contributed by atoms with van der Waals surface area (Å²) in [6, 6.07) is -0.148. The Hall–Kier alpha value is -0.610. The van der Waals surface area contributed by atoms with Gasteiger partial charge in [-0.1, -0.05) is 27.7 Å². The molecule has 1 amide bonds. The summed E-state index contributed by atoms with van der Waals surface area (Å²) in [6.07, 6.45) is -0.399. The Morgan fingerprint density at radius 3 is 1.82 bits per heavy atom. The molecule has 0 aliphatic heterocycles. The number of hydrogen-bond acceptors (Lipinski definition) is 3. The highest BCUT2D eigenvalue weighted by Crippen LogP contribution is 2.68. The topological polar surface area (TPSA) is 47.6 Å². The second kappa shape index (κ2) is 4.58. The van der Waals surface area contributed by atoms with Crippen molar-refractivity contribution in [1.82, 2.24) is 5.32 Å². The summed E-state index contributed by atoms with van der Waals surface area (Å²) in [4.78, 5) is 12.2. The Labute approximate surface area is 104 Å². The molecular formula is C13H25NO3. The molecule has 0 saturated heterocycles. The zero-order chi connectivity index (χ0) is 13.4. The first-order valence-electron chi connectivity index (χ1n) is 6.06. The molecule has 0 spiro atoms. The molecule has 1 saturated carbocycles. The third-order valence-corrected chi connectivity index (χ3v) is 4.53. The van der Waals surface area contributed by atoms with Gasteiger partial charge in [0.25, 0.3) is 0 Å². The number of carbonyl (C=O) groups is 1. The normalized spacial score (nSPS) is 23.5. The fraction of sp³-hybridized carbons (Fsp3) is 0.923. The van der Waals surface area contributed by atoms with Crippen molar-refractivity contribution < 1.29 is 14.3 Å². The predicted octanol–water partition coefficient (Wildman–Crippen LogP) is 1.79. The summed E-state index contributed by atoms with van der Waals surface area (Å²) in [5.41, 5.74) is 0.124. The molecule has 1 unspecified atom stereocenters. The second-order valence-electron chi connectivity index (χ2n) is 6.01. The highest BCUT2D eigenvalue weighted by atomic mass is 16.7. The molecule has 1 N–H and O–H groups in total. The Bertz CT molecular complexity index is 281. The van der Waals surface area contributed by atoms with Crippen molar-refractivity contribution in [2.45, 2.75) is 47.0 Å². The van der Waals surface area contributed by atoms with Crippen LogP contribution < -0.4 is 5.32 Å². The van der Waals surface area contributed by atoms with Gasteiger partial charge in [-0.05, 0) is 17.8 Å². The Morgan fingerprint density at radius 1 is 1.12 bits per heavy atom. The van der Waals surface area contributed by atoms with Crippen LogP contribution in [0.2, 0.25) is 0 Å². The van der Waals surface area contributed by atoms with Gasteiger partial charge in [-0.2, -0.15) is 0 Å². The van der Waals surface area contributed by atoms with Gasteiger partial charge in [0.15, 0.2) is 6.29 Å². The Kier molecular flexibility index (Phi) is 3.89. The molecule has 4 heteroatoms. The molecule has 100 valence electrons. The van der Waals surface area contributed by atoms with E-state index >= 15 is 0 Å². The smallest absolute Gasteiger partial charge is 0.224 e. The lowest BCUT2D eigenvalue weighted by Gasteiger charge is -2.22. The van der Waals surface area contributed by atoms with Gasteiger partial charge >= 0.3 is 0 Å². The van der Waals surface area contributed by atoms with Gasteiger partial charge in [-0.25, -0.2) is 0 Å². The standard InChI is InChI=1S/C13H25NO3/c1-8(11(16-6)17-7)14-10(15)9-12(2,3)13(9,4)5/h8-9,11H,1-7H3,(H,14,15). The molecule has 0 aromatic rings. The Morgan fingerprint density at radius 2 is 1.53 bits per heavy atom. The molecule has 0 heterocycles. The van der Waals surface area contributed by atoms with Gasteiger partial charge in [0.1, 0.15) is 0 Å². The quantitative estimate of drug-likeness (QED) is 0.749. The average molecular weight is 243 g/mol. The van der Waals surface area contributed by atoms with E-state index in [-0.39, 0.29) is 28.7 Å². The first-order valence-corrected chi connectivity index (χ1v) is 6.06. The van der Waals surface area contributed by atoms with Crippen molar-refractivity contribution in [2.75, 3.05) is 14.2 Å². The van der Waals surface area contributed by atoms with Crippen LogP contribution in [0, 0.1) is 16.7 Å². The van der Waals surface area contributed by atoms with Crippen LogP contribution in [0.1, 0.15) is 34.6 Å². The third-order valence-electron chi connectivity index (χ3n) is 4.53. The molecule has 0 bridgehead atoms. The number of carbonyl (C=O) groups excluding carboxylic acids is 1. The van der Waals surface area contributed by atoms with Crippen LogP contribution in [0.25, 0.3) is 0 Å². The van der Waals surface area contributed by atoms with E-state index in [0.29, 0.717) is 0 Å². The molecule has 0 aromatic carbocycles. The van der Waals surface area contributed by atoms with E-state index < -0.39 is 6.29 Å². The summed E-state index contributed by atoms with van der Waals surface area (Å²) in [5, 5.41) is 2.97. The predicted molar refractivity (Wildman–Crippen MR) is 66.5 cm³/mol. The van der Waals surface area contributed by atoms with Crippen LogP contribution in [-0.4, -0.2) is 32.5 Å². The fourth-order valence-corrected chi connectivity index (χ4v) is 2.73. The molecule has 1 aliphatic rings. The van der Waals surface area contributed by atoms with E-state index in [1.54, 1.807) is 14.2 Å². The van der Waals surface area contributed by atoms with E-state index in [9.17, 15) is 4.79 Å². The summed E-state index contributed by atoms with van der Waals surface area (Å²) in [6.45, 7) is 10.4. The maximum atomic E-state index is 12.2. The van der Waals surface area contributed by atoms with Crippen molar-refractivity contribution >= 4 is 5.91 Å². The maximum absolute atomic E-state index is 12.2. The lowest BCUT2D eigenvalue weighted by atomic mass is 10.0. The zero-order valence-electron chi connectivity index (χ0n) is 12.0. The van der Waals surface area contributed by atoms with Crippen LogP contribution in [0.15, 0.2) is 0 Å².